The van der Waals surface area contributed by atoms with Gasteiger partial charge in [-0.1, -0.05) is 0 Å². The molecule has 6 heteroatoms. The highest BCUT2D eigenvalue weighted by Gasteiger charge is 2.21. The second kappa shape index (κ2) is 5.93. The van der Waals surface area contributed by atoms with Crippen LogP contribution in [0.4, 0.5) is 5.69 Å². The van der Waals surface area contributed by atoms with Gasteiger partial charge in [-0.15, -0.1) is 0 Å². The summed E-state index contributed by atoms with van der Waals surface area (Å²) in [6.07, 6.45) is 1.01. The summed E-state index contributed by atoms with van der Waals surface area (Å²) in [5.74, 6) is 0.0284. The fraction of sp³-hybridized carbons (Fsp3) is 0.462. The van der Waals surface area contributed by atoms with Crippen molar-refractivity contribution in [2.24, 2.45) is 5.41 Å². The Balaban J connectivity index is 2.80. The first-order valence-electron chi connectivity index (χ1n) is 5.87. The van der Waals surface area contributed by atoms with Gasteiger partial charge < -0.3 is 5.73 Å². The summed E-state index contributed by atoms with van der Waals surface area (Å²) in [5.41, 5.74) is 5.60. The van der Waals surface area contributed by atoms with E-state index in [9.17, 15) is 8.42 Å². The van der Waals surface area contributed by atoms with Gasteiger partial charge in [0.1, 0.15) is 0 Å². The molecule has 0 atom stereocenters. The Hall–Kier alpha value is -1.06. The van der Waals surface area contributed by atoms with Crippen LogP contribution in [0.5, 0.6) is 0 Å². The van der Waals surface area contributed by atoms with Crippen molar-refractivity contribution >= 4 is 31.5 Å². The van der Waals surface area contributed by atoms with E-state index in [1.165, 1.54) is 6.07 Å². The summed E-state index contributed by atoms with van der Waals surface area (Å²) in [6, 6.07) is 6.81. The second-order valence-electron chi connectivity index (χ2n) is 5.11. The highest BCUT2D eigenvalue weighted by Crippen LogP contribution is 2.27. The highest BCUT2D eigenvalue weighted by atomic mass is 79.9. The molecule has 0 saturated carbocycles. The maximum atomic E-state index is 12.2. The Kier molecular flexibility index (Phi) is 4.99. The Morgan fingerprint density at radius 1 is 1.42 bits per heavy atom. The van der Waals surface area contributed by atoms with E-state index in [-0.39, 0.29) is 10.6 Å². The Bertz CT molecular complexity index is 604. The Labute approximate surface area is 122 Å². The van der Waals surface area contributed by atoms with Gasteiger partial charge >= 0.3 is 0 Å². The van der Waals surface area contributed by atoms with Crippen molar-refractivity contribution in [1.29, 1.82) is 5.26 Å². The Morgan fingerprint density at radius 2 is 2.05 bits per heavy atom. The molecule has 0 aliphatic carbocycles. The van der Waals surface area contributed by atoms with Gasteiger partial charge in [-0.05, 0) is 60.8 Å². The van der Waals surface area contributed by atoms with E-state index >= 15 is 0 Å². The van der Waals surface area contributed by atoms with Crippen LogP contribution in [0.15, 0.2) is 27.6 Å². The predicted octanol–water partition coefficient (Wildman–Crippen LogP) is 3.13. The quantitative estimate of drug-likeness (QED) is 0.831. The van der Waals surface area contributed by atoms with Crippen molar-refractivity contribution < 1.29 is 8.42 Å². The van der Waals surface area contributed by atoms with Crippen molar-refractivity contribution in [3.8, 4) is 6.07 Å². The van der Waals surface area contributed by atoms with Crippen LogP contribution in [0.3, 0.4) is 0 Å². The van der Waals surface area contributed by atoms with E-state index in [4.69, 9.17) is 11.0 Å². The summed E-state index contributed by atoms with van der Waals surface area (Å²) in [5, 5.41) is 8.89. The van der Waals surface area contributed by atoms with Gasteiger partial charge in [0.25, 0.3) is 0 Å². The fourth-order valence-corrected chi connectivity index (χ4v) is 4.15. The standard InChI is InChI=1S/C13H17BrN2O2S/c1-13(2,9-15)6-3-7-19(17,18)12-5-4-10(16)8-11(12)14/h4-5,8H,3,6-7,16H2,1-2H3. The molecule has 0 amide bonds. The molecule has 0 heterocycles. The lowest BCUT2D eigenvalue weighted by Crippen LogP contribution is -2.13. The maximum Gasteiger partial charge on any atom is 0.179 e. The van der Waals surface area contributed by atoms with Gasteiger partial charge in [-0.2, -0.15) is 5.26 Å². The molecule has 0 unspecified atom stereocenters. The zero-order chi connectivity index (χ0) is 14.7. The van der Waals surface area contributed by atoms with Crippen LogP contribution in [-0.4, -0.2) is 14.2 Å². The largest absolute Gasteiger partial charge is 0.399 e. The van der Waals surface area contributed by atoms with Crippen LogP contribution < -0.4 is 5.73 Å². The van der Waals surface area contributed by atoms with Gasteiger partial charge in [0.05, 0.1) is 22.1 Å². The number of nitrogens with two attached hydrogens (primary N) is 1. The molecule has 0 bridgehead atoms. The zero-order valence-electron chi connectivity index (χ0n) is 11.0. The normalized spacial score (nSPS) is 12.1. The number of anilines is 1. The monoisotopic (exact) mass is 344 g/mol. The maximum absolute atomic E-state index is 12.2. The van der Waals surface area contributed by atoms with Crippen molar-refractivity contribution in [2.45, 2.75) is 31.6 Å². The summed E-state index contributed by atoms with van der Waals surface area (Å²) >= 11 is 3.22. The molecule has 0 fully saturated rings. The number of nitriles is 1. The minimum absolute atomic E-state index is 0.0284. The molecule has 19 heavy (non-hydrogen) atoms. The smallest absolute Gasteiger partial charge is 0.179 e. The van der Waals surface area contributed by atoms with Crippen molar-refractivity contribution in [3.05, 3.63) is 22.7 Å². The molecule has 104 valence electrons. The number of hydrogen-bond acceptors (Lipinski definition) is 4. The SMILES string of the molecule is CC(C)(C#N)CCCS(=O)(=O)c1ccc(N)cc1Br. The van der Waals surface area contributed by atoms with Gasteiger partial charge in [-0.3, -0.25) is 0 Å². The number of sulfone groups is 1. The number of nitrogens with zero attached hydrogens (tertiary/aromatic N) is 1. The average molecular weight is 345 g/mol. The summed E-state index contributed by atoms with van der Waals surface area (Å²) in [4.78, 5) is 0.247. The van der Waals surface area contributed by atoms with Crippen LogP contribution in [0.2, 0.25) is 0 Å². The number of hydrogen-bond donors (Lipinski definition) is 1. The third-order valence-electron chi connectivity index (χ3n) is 2.81. The molecule has 1 aromatic rings. The first-order chi connectivity index (χ1) is 8.68. The van der Waals surface area contributed by atoms with Crippen molar-refractivity contribution in [3.63, 3.8) is 0 Å². The number of halogens is 1. The molecule has 0 aromatic heterocycles. The van der Waals surface area contributed by atoms with E-state index < -0.39 is 15.3 Å². The van der Waals surface area contributed by atoms with Gasteiger partial charge in [0, 0.05) is 10.2 Å². The van der Waals surface area contributed by atoms with Crippen LogP contribution in [-0.2, 0) is 9.84 Å². The summed E-state index contributed by atoms with van der Waals surface area (Å²) < 4.78 is 24.8. The molecule has 1 rings (SSSR count). The first kappa shape index (κ1) is 16.0. The fourth-order valence-electron chi connectivity index (χ4n) is 1.64. The average Bonchev–Trinajstić information content (AvgIpc) is 2.27. The molecule has 0 radical (unpaired) electrons. The second-order valence-corrected chi connectivity index (χ2v) is 8.04. The van der Waals surface area contributed by atoms with E-state index in [0.29, 0.717) is 23.0 Å². The van der Waals surface area contributed by atoms with Crippen LogP contribution in [0.25, 0.3) is 0 Å². The lowest BCUT2D eigenvalue weighted by Gasteiger charge is -2.14. The molecule has 2 N–H and O–H groups in total. The number of rotatable bonds is 5. The molecule has 0 saturated heterocycles. The van der Waals surface area contributed by atoms with E-state index in [2.05, 4.69) is 22.0 Å². The lowest BCUT2D eigenvalue weighted by molar-refractivity contribution is 0.445. The first-order valence-corrected chi connectivity index (χ1v) is 8.31. The van der Waals surface area contributed by atoms with Crippen LogP contribution in [0.1, 0.15) is 26.7 Å². The molecule has 4 nitrogen and oxygen atoms in total. The van der Waals surface area contributed by atoms with Crippen molar-refractivity contribution in [2.75, 3.05) is 11.5 Å². The topological polar surface area (TPSA) is 84.0 Å². The van der Waals surface area contributed by atoms with Crippen LogP contribution in [0, 0.1) is 16.7 Å². The molecule has 1 aromatic carbocycles. The van der Waals surface area contributed by atoms with Gasteiger partial charge in [-0.25, -0.2) is 8.42 Å². The summed E-state index contributed by atoms with van der Waals surface area (Å²) in [7, 11) is -3.35. The van der Waals surface area contributed by atoms with Gasteiger partial charge in [0.15, 0.2) is 9.84 Å². The minimum atomic E-state index is -3.35. The third kappa shape index (κ3) is 4.51. The van der Waals surface area contributed by atoms with E-state index in [1.54, 1.807) is 26.0 Å². The highest BCUT2D eigenvalue weighted by molar-refractivity contribution is 9.10. The predicted molar refractivity (Wildman–Crippen MR) is 79.2 cm³/mol. The van der Waals surface area contributed by atoms with E-state index in [1.807, 2.05) is 0 Å². The zero-order valence-corrected chi connectivity index (χ0v) is 13.4. The lowest BCUT2D eigenvalue weighted by atomic mass is 9.90. The molecule has 0 spiro atoms. The summed E-state index contributed by atoms with van der Waals surface area (Å²) in [6.45, 7) is 3.61. The molecular weight excluding hydrogens is 328 g/mol. The Morgan fingerprint density at radius 3 is 2.58 bits per heavy atom. The molecular formula is C13H17BrN2O2S. The molecule has 0 aliphatic rings. The third-order valence-corrected chi connectivity index (χ3v) is 5.58. The van der Waals surface area contributed by atoms with Gasteiger partial charge in [0.2, 0.25) is 0 Å². The number of benzene rings is 1. The van der Waals surface area contributed by atoms with Crippen LogP contribution >= 0.6 is 15.9 Å². The van der Waals surface area contributed by atoms with Crippen molar-refractivity contribution in [1.82, 2.24) is 0 Å². The minimum Gasteiger partial charge on any atom is -0.399 e. The van der Waals surface area contributed by atoms with E-state index in [0.717, 1.165) is 0 Å². The number of nitrogen functional groups attached to an aromatic ring is 1. The molecule has 0 aliphatic heterocycles.